The summed E-state index contributed by atoms with van der Waals surface area (Å²) in [4.78, 5) is 9.63. The minimum Gasteiger partial charge on any atom is -0.424 e. The average Bonchev–Trinajstić information content (AvgIpc) is 2.47. The van der Waals surface area contributed by atoms with Crippen molar-refractivity contribution in [3.63, 3.8) is 0 Å². The number of hydrogen-bond acceptors (Lipinski definition) is 5. The fraction of sp³-hybridized carbons (Fsp3) is 0.333. The van der Waals surface area contributed by atoms with Crippen LogP contribution < -0.4 is 10.1 Å². The highest BCUT2D eigenvalue weighted by Gasteiger charge is 2.02. The lowest BCUT2D eigenvalue weighted by Crippen LogP contribution is -2.21. The van der Waals surface area contributed by atoms with E-state index in [2.05, 4.69) is 29.1 Å². The predicted molar refractivity (Wildman–Crippen MR) is 82.3 cm³/mol. The topological polar surface area (TPSA) is 47.0 Å². The molecule has 1 aromatic carbocycles. The smallest absolute Gasteiger partial charge is 0.321 e. The summed E-state index contributed by atoms with van der Waals surface area (Å²) in [6.45, 7) is 4.98. The van der Waals surface area contributed by atoms with E-state index in [9.17, 15) is 0 Å². The molecule has 0 atom stereocenters. The molecule has 0 aliphatic rings. The number of rotatable bonds is 6. The second-order valence-corrected chi connectivity index (χ2v) is 5.57. The molecule has 0 bridgehead atoms. The molecule has 0 aliphatic carbocycles. The van der Waals surface area contributed by atoms with E-state index < -0.39 is 0 Å². The van der Waals surface area contributed by atoms with Crippen LogP contribution in [0.4, 0.5) is 0 Å². The van der Waals surface area contributed by atoms with Gasteiger partial charge in [-0.1, -0.05) is 13.8 Å². The third-order valence-electron chi connectivity index (χ3n) is 2.66. The van der Waals surface area contributed by atoms with Crippen LogP contribution in [-0.2, 0) is 6.54 Å². The van der Waals surface area contributed by atoms with Gasteiger partial charge in [-0.25, -0.2) is 9.97 Å². The van der Waals surface area contributed by atoms with Crippen LogP contribution in [0.2, 0.25) is 0 Å². The number of nitrogens with zero attached hydrogens (tertiary/aromatic N) is 2. The zero-order chi connectivity index (χ0) is 14.4. The number of ether oxygens (including phenoxy) is 1. The van der Waals surface area contributed by atoms with Crippen molar-refractivity contribution < 1.29 is 4.74 Å². The van der Waals surface area contributed by atoms with Gasteiger partial charge in [0.25, 0.3) is 0 Å². The molecule has 2 rings (SSSR count). The number of aromatic nitrogens is 2. The number of benzene rings is 1. The van der Waals surface area contributed by atoms with Crippen molar-refractivity contribution in [2.45, 2.75) is 31.3 Å². The highest BCUT2D eigenvalue weighted by atomic mass is 32.2. The maximum atomic E-state index is 5.61. The first-order valence-electron chi connectivity index (χ1n) is 6.53. The van der Waals surface area contributed by atoms with Crippen LogP contribution in [0.25, 0.3) is 0 Å². The molecular weight excluding hydrogens is 270 g/mol. The molecular formula is C15H19N3OS. The van der Waals surface area contributed by atoms with E-state index in [1.807, 2.05) is 30.5 Å². The molecule has 0 amide bonds. The first-order chi connectivity index (χ1) is 9.67. The summed E-state index contributed by atoms with van der Waals surface area (Å²) in [5, 5.41) is 3.32. The van der Waals surface area contributed by atoms with Crippen LogP contribution in [0.15, 0.2) is 41.6 Å². The number of thioether (sulfide) groups is 1. The summed E-state index contributed by atoms with van der Waals surface area (Å²) >= 11 is 1.70. The Morgan fingerprint density at radius 3 is 2.35 bits per heavy atom. The Morgan fingerprint density at radius 1 is 1.15 bits per heavy atom. The van der Waals surface area contributed by atoms with E-state index in [1.54, 1.807) is 24.2 Å². The maximum absolute atomic E-state index is 5.61. The molecule has 106 valence electrons. The Morgan fingerprint density at radius 2 is 1.80 bits per heavy atom. The molecule has 0 saturated heterocycles. The van der Waals surface area contributed by atoms with E-state index in [-0.39, 0.29) is 0 Å². The second kappa shape index (κ2) is 7.26. The minimum absolute atomic E-state index is 0.371. The van der Waals surface area contributed by atoms with Gasteiger partial charge in [0.15, 0.2) is 0 Å². The van der Waals surface area contributed by atoms with Gasteiger partial charge in [-0.2, -0.15) is 0 Å². The van der Waals surface area contributed by atoms with E-state index in [1.165, 1.54) is 4.90 Å². The zero-order valence-corrected chi connectivity index (χ0v) is 12.8. The highest BCUT2D eigenvalue weighted by Crippen LogP contribution is 2.21. The van der Waals surface area contributed by atoms with Crippen molar-refractivity contribution in [1.29, 1.82) is 0 Å². The summed E-state index contributed by atoms with van der Waals surface area (Å²) in [7, 11) is 0. The van der Waals surface area contributed by atoms with Crippen molar-refractivity contribution in [3.8, 4) is 11.8 Å². The van der Waals surface area contributed by atoms with Gasteiger partial charge < -0.3 is 10.1 Å². The highest BCUT2D eigenvalue weighted by molar-refractivity contribution is 7.98. The summed E-state index contributed by atoms with van der Waals surface area (Å²) in [5.41, 5.74) is 1.05. The summed E-state index contributed by atoms with van der Waals surface area (Å²) in [5.74, 6) is 0.746. The quantitative estimate of drug-likeness (QED) is 0.825. The Labute approximate surface area is 124 Å². The van der Waals surface area contributed by atoms with E-state index >= 15 is 0 Å². The molecule has 0 radical (unpaired) electrons. The van der Waals surface area contributed by atoms with Crippen LogP contribution in [0.5, 0.6) is 11.8 Å². The molecule has 1 N–H and O–H groups in total. The molecule has 2 aromatic rings. The van der Waals surface area contributed by atoms with Crippen molar-refractivity contribution in [3.05, 3.63) is 42.2 Å². The standard InChI is InChI=1S/C15H19N3OS/c1-11(2)16-8-12-9-17-15(18-10-12)19-13-4-6-14(20-3)7-5-13/h4-7,9-11,16H,8H2,1-3H3. The number of hydrogen-bond donors (Lipinski definition) is 1. The Bertz CT molecular complexity index is 526. The lowest BCUT2D eigenvalue weighted by atomic mass is 10.3. The first kappa shape index (κ1) is 14.8. The van der Waals surface area contributed by atoms with Gasteiger partial charge in [0.05, 0.1) is 0 Å². The van der Waals surface area contributed by atoms with Crippen LogP contribution in [0.3, 0.4) is 0 Å². The number of nitrogens with one attached hydrogen (secondary N) is 1. The van der Waals surface area contributed by atoms with Crippen molar-refractivity contribution in [1.82, 2.24) is 15.3 Å². The average molecular weight is 289 g/mol. The molecule has 1 heterocycles. The molecule has 0 spiro atoms. The van der Waals surface area contributed by atoms with E-state index in [0.717, 1.165) is 17.9 Å². The summed E-state index contributed by atoms with van der Waals surface area (Å²) in [6, 6.07) is 8.69. The molecule has 0 fully saturated rings. The van der Waals surface area contributed by atoms with Crippen molar-refractivity contribution in [2.24, 2.45) is 0 Å². The van der Waals surface area contributed by atoms with Gasteiger partial charge in [-0.15, -0.1) is 11.8 Å². The van der Waals surface area contributed by atoms with Crippen LogP contribution in [0, 0.1) is 0 Å². The monoisotopic (exact) mass is 289 g/mol. The Kier molecular flexibility index (Phi) is 5.38. The molecule has 1 aromatic heterocycles. The van der Waals surface area contributed by atoms with Crippen LogP contribution >= 0.6 is 11.8 Å². The lowest BCUT2D eigenvalue weighted by molar-refractivity contribution is 0.440. The van der Waals surface area contributed by atoms with Gasteiger partial charge >= 0.3 is 6.01 Å². The fourth-order valence-electron chi connectivity index (χ4n) is 1.56. The van der Waals surface area contributed by atoms with Gasteiger partial charge in [0, 0.05) is 35.4 Å². The first-order valence-corrected chi connectivity index (χ1v) is 7.76. The minimum atomic E-state index is 0.371. The Balaban J connectivity index is 1.95. The van der Waals surface area contributed by atoms with Gasteiger partial charge in [0.2, 0.25) is 0 Å². The molecule has 0 unspecified atom stereocenters. The molecule has 4 nitrogen and oxygen atoms in total. The maximum Gasteiger partial charge on any atom is 0.321 e. The van der Waals surface area contributed by atoms with E-state index in [0.29, 0.717) is 12.1 Å². The van der Waals surface area contributed by atoms with Gasteiger partial charge in [-0.3, -0.25) is 0 Å². The van der Waals surface area contributed by atoms with Gasteiger partial charge in [-0.05, 0) is 30.5 Å². The van der Waals surface area contributed by atoms with Gasteiger partial charge in [0.1, 0.15) is 5.75 Å². The van der Waals surface area contributed by atoms with E-state index in [4.69, 9.17) is 4.74 Å². The predicted octanol–water partition coefficient (Wildman–Crippen LogP) is 3.49. The summed E-state index contributed by atoms with van der Waals surface area (Å²) in [6.07, 6.45) is 5.62. The molecule has 0 saturated carbocycles. The van der Waals surface area contributed by atoms with Crippen molar-refractivity contribution >= 4 is 11.8 Å². The van der Waals surface area contributed by atoms with Crippen molar-refractivity contribution in [2.75, 3.05) is 6.26 Å². The lowest BCUT2D eigenvalue weighted by Gasteiger charge is -2.08. The largest absolute Gasteiger partial charge is 0.424 e. The zero-order valence-electron chi connectivity index (χ0n) is 12.0. The Hall–Kier alpha value is -1.59. The third kappa shape index (κ3) is 4.51. The van der Waals surface area contributed by atoms with Crippen LogP contribution in [-0.4, -0.2) is 22.3 Å². The fourth-order valence-corrected chi connectivity index (χ4v) is 1.97. The van der Waals surface area contributed by atoms with Crippen LogP contribution in [0.1, 0.15) is 19.4 Å². The SMILES string of the molecule is CSc1ccc(Oc2ncc(CNC(C)C)cn2)cc1. The second-order valence-electron chi connectivity index (χ2n) is 4.69. The molecule has 5 heteroatoms. The molecule has 20 heavy (non-hydrogen) atoms. The summed E-state index contributed by atoms with van der Waals surface area (Å²) < 4.78 is 5.61. The third-order valence-corrected chi connectivity index (χ3v) is 3.41. The molecule has 0 aliphatic heterocycles. The normalized spacial score (nSPS) is 10.8.